The number of anilines is 1. The van der Waals surface area contributed by atoms with Crippen molar-refractivity contribution in [2.45, 2.75) is 32.7 Å². The first-order chi connectivity index (χ1) is 9.24. The van der Waals surface area contributed by atoms with Gasteiger partial charge in [-0.1, -0.05) is 6.92 Å². The molecule has 4 heteroatoms. The van der Waals surface area contributed by atoms with Gasteiger partial charge >= 0.3 is 0 Å². The average molecular weight is 263 g/mol. The summed E-state index contributed by atoms with van der Waals surface area (Å²) in [7, 11) is 1.66. The first kappa shape index (κ1) is 14.1. The normalized spacial score (nSPS) is 19.1. The molecule has 0 bridgehead atoms. The van der Waals surface area contributed by atoms with Crippen LogP contribution in [0.2, 0.25) is 0 Å². The minimum absolute atomic E-state index is 0.456. The number of likely N-dealkylation sites (tertiary alicyclic amines) is 1. The number of aromatic nitrogens is 1. The minimum Gasteiger partial charge on any atom is -0.480 e. The molecule has 1 atom stereocenters. The van der Waals surface area contributed by atoms with E-state index in [2.05, 4.69) is 29.0 Å². The second kappa shape index (κ2) is 6.75. The van der Waals surface area contributed by atoms with Crippen LogP contribution in [0.3, 0.4) is 0 Å². The zero-order valence-corrected chi connectivity index (χ0v) is 12.2. The maximum atomic E-state index is 5.29. The molecule has 0 spiro atoms. The van der Waals surface area contributed by atoms with Crippen LogP contribution in [-0.2, 0) is 0 Å². The molecule has 1 N–H and O–H groups in total. The van der Waals surface area contributed by atoms with Crippen molar-refractivity contribution in [1.82, 2.24) is 9.88 Å². The van der Waals surface area contributed by atoms with Gasteiger partial charge in [-0.15, -0.1) is 0 Å². The lowest BCUT2D eigenvalue weighted by Gasteiger charge is -2.34. The van der Waals surface area contributed by atoms with E-state index in [9.17, 15) is 0 Å². The standard InChI is InChI=1S/C15H25N3O/c1-4-18-10-7-13(8-11-18)12(2)17-14-6-5-9-16-15(14)19-3/h5-6,9,12-13,17H,4,7-8,10-11H2,1-3H3. The zero-order valence-electron chi connectivity index (χ0n) is 12.2. The summed E-state index contributed by atoms with van der Waals surface area (Å²) in [6, 6.07) is 4.43. The number of hydrogen-bond acceptors (Lipinski definition) is 4. The lowest BCUT2D eigenvalue weighted by molar-refractivity contribution is 0.183. The van der Waals surface area contributed by atoms with Crippen LogP contribution in [0.5, 0.6) is 5.88 Å². The third kappa shape index (κ3) is 3.60. The largest absolute Gasteiger partial charge is 0.480 e. The Morgan fingerprint density at radius 2 is 2.21 bits per heavy atom. The van der Waals surface area contributed by atoms with Crippen LogP contribution in [0.1, 0.15) is 26.7 Å². The molecule has 0 aliphatic carbocycles. The Kier molecular flexibility index (Phi) is 5.02. The molecule has 0 amide bonds. The van der Waals surface area contributed by atoms with Gasteiger partial charge in [-0.2, -0.15) is 0 Å². The van der Waals surface area contributed by atoms with Gasteiger partial charge in [-0.05, 0) is 57.5 Å². The van der Waals surface area contributed by atoms with Gasteiger partial charge in [-0.3, -0.25) is 0 Å². The zero-order chi connectivity index (χ0) is 13.7. The van der Waals surface area contributed by atoms with Crippen LogP contribution in [0.15, 0.2) is 18.3 Å². The van der Waals surface area contributed by atoms with Crippen molar-refractivity contribution in [1.29, 1.82) is 0 Å². The van der Waals surface area contributed by atoms with Crippen LogP contribution in [-0.4, -0.2) is 42.7 Å². The highest BCUT2D eigenvalue weighted by molar-refractivity contribution is 5.52. The number of nitrogens with one attached hydrogen (secondary N) is 1. The van der Waals surface area contributed by atoms with Crippen molar-refractivity contribution in [3.63, 3.8) is 0 Å². The number of hydrogen-bond donors (Lipinski definition) is 1. The first-order valence-corrected chi connectivity index (χ1v) is 7.22. The Hall–Kier alpha value is -1.29. The quantitative estimate of drug-likeness (QED) is 0.886. The van der Waals surface area contributed by atoms with E-state index < -0.39 is 0 Å². The summed E-state index contributed by atoms with van der Waals surface area (Å²) in [5.41, 5.74) is 0.996. The van der Waals surface area contributed by atoms with E-state index in [1.165, 1.54) is 32.5 Å². The van der Waals surface area contributed by atoms with E-state index in [4.69, 9.17) is 4.74 Å². The number of rotatable bonds is 5. The monoisotopic (exact) mass is 263 g/mol. The van der Waals surface area contributed by atoms with Gasteiger partial charge in [0.1, 0.15) is 0 Å². The maximum Gasteiger partial charge on any atom is 0.237 e. The number of ether oxygens (including phenoxy) is 1. The lowest BCUT2D eigenvalue weighted by atomic mass is 9.90. The van der Waals surface area contributed by atoms with E-state index in [1.807, 2.05) is 12.1 Å². The van der Waals surface area contributed by atoms with Crippen LogP contribution < -0.4 is 10.1 Å². The fourth-order valence-electron chi connectivity index (χ4n) is 2.80. The smallest absolute Gasteiger partial charge is 0.237 e. The molecule has 1 aromatic rings. The summed E-state index contributed by atoms with van der Waals surface area (Å²) in [6.45, 7) is 8.11. The van der Waals surface area contributed by atoms with Gasteiger partial charge in [0.25, 0.3) is 0 Å². The number of piperidine rings is 1. The third-order valence-electron chi connectivity index (χ3n) is 4.13. The van der Waals surface area contributed by atoms with Crippen molar-refractivity contribution in [2.24, 2.45) is 5.92 Å². The molecule has 1 aliphatic heterocycles. The molecule has 1 saturated heterocycles. The molecule has 0 saturated carbocycles. The van der Waals surface area contributed by atoms with E-state index >= 15 is 0 Å². The fourth-order valence-corrected chi connectivity index (χ4v) is 2.80. The molecule has 1 aromatic heterocycles. The first-order valence-electron chi connectivity index (χ1n) is 7.22. The Balaban J connectivity index is 1.92. The second-order valence-electron chi connectivity index (χ2n) is 5.26. The summed E-state index contributed by atoms with van der Waals surface area (Å²) >= 11 is 0. The molecule has 1 aliphatic rings. The maximum absolute atomic E-state index is 5.29. The van der Waals surface area contributed by atoms with Crippen LogP contribution in [0.4, 0.5) is 5.69 Å². The molecule has 0 radical (unpaired) electrons. The molecule has 106 valence electrons. The summed E-state index contributed by atoms with van der Waals surface area (Å²) in [5.74, 6) is 1.41. The van der Waals surface area contributed by atoms with Crippen LogP contribution in [0.25, 0.3) is 0 Å². The molecule has 0 aromatic carbocycles. The molecule has 1 unspecified atom stereocenters. The van der Waals surface area contributed by atoms with Gasteiger partial charge in [0, 0.05) is 12.2 Å². The predicted molar refractivity (Wildman–Crippen MR) is 78.7 cm³/mol. The van der Waals surface area contributed by atoms with E-state index in [0.717, 1.165) is 11.6 Å². The lowest BCUT2D eigenvalue weighted by Crippen LogP contribution is -2.39. The Morgan fingerprint density at radius 1 is 1.47 bits per heavy atom. The van der Waals surface area contributed by atoms with Crippen molar-refractivity contribution >= 4 is 5.69 Å². The van der Waals surface area contributed by atoms with Gasteiger partial charge < -0.3 is 15.0 Å². The number of methoxy groups -OCH3 is 1. The van der Waals surface area contributed by atoms with Crippen molar-refractivity contribution in [3.05, 3.63) is 18.3 Å². The van der Waals surface area contributed by atoms with Crippen LogP contribution in [0, 0.1) is 5.92 Å². The molecule has 1 fully saturated rings. The van der Waals surface area contributed by atoms with E-state index in [1.54, 1.807) is 13.3 Å². The highest BCUT2D eigenvalue weighted by atomic mass is 16.5. The highest BCUT2D eigenvalue weighted by Gasteiger charge is 2.23. The average Bonchev–Trinajstić information content (AvgIpc) is 2.48. The van der Waals surface area contributed by atoms with Gasteiger partial charge in [-0.25, -0.2) is 4.98 Å². The Labute approximate surface area is 116 Å². The number of nitrogens with zero attached hydrogens (tertiary/aromatic N) is 2. The van der Waals surface area contributed by atoms with Crippen molar-refractivity contribution < 1.29 is 4.74 Å². The highest BCUT2D eigenvalue weighted by Crippen LogP contribution is 2.26. The third-order valence-corrected chi connectivity index (χ3v) is 4.13. The summed E-state index contributed by atoms with van der Waals surface area (Å²) in [6.07, 6.45) is 4.30. The summed E-state index contributed by atoms with van der Waals surface area (Å²) < 4.78 is 5.29. The van der Waals surface area contributed by atoms with Crippen molar-refractivity contribution in [2.75, 3.05) is 32.1 Å². The fraction of sp³-hybridized carbons (Fsp3) is 0.667. The van der Waals surface area contributed by atoms with E-state index in [0.29, 0.717) is 11.9 Å². The molecule has 2 rings (SSSR count). The Morgan fingerprint density at radius 3 is 2.84 bits per heavy atom. The van der Waals surface area contributed by atoms with Gasteiger partial charge in [0.15, 0.2) is 0 Å². The number of pyridine rings is 1. The summed E-state index contributed by atoms with van der Waals surface area (Å²) in [5, 5.41) is 3.56. The molecular formula is C15H25N3O. The Bertz CT molecular complexity index is 389. The van der Waals surface area contributed by atoms with Gasteiger partial charge in [0.2, 0.25) is 5.88 Å². The molecule has 4 nitrogen and oxygen atoms in total. The molecular weight excluding hydrogens is 238 g/mol. The van der Waals surface area contributed by atoms with Crippen molar-refractivity contribution in [3.8, 4) is 5.88 Å². The van der Waals surface area contributed by atoms with Crippen LogP contribution >= 0.6 is 0 Å². The predicted octanol–water partition coefficient (Wildman–Crippen LogP) is 2.62. The summed E-state index contributed by atoms with van der Waals surface area (Å²) in [4.78, 5) is 6.75. The molecule has 19 heavy (non-hydrogen) atoms. The van der Waals surface area contributed by atoms with E-state index in [-0.39, 0.29) is 0 Å². The minimum atomic E-state index is 0.456. The molecule has 2 heterocycles. The topological polar surface area (TPSA) is 37.4 Å². The van der Waals surface area contributed by atoms with Gasteiger partial charge in [0.05, 0.1) is 12.8 Å². The second-order valence-corrected chi connectivity index (χ2v) is 5.26. The SMILES string of the molecule is CCN1CCC(C(C)Nc2cccnc2OC)CC1.